The molecule has 0 spiro atoms. The van der Waals surface area contributed by atoms with Crippen molar-refractivity contribution < 1.29 is 9.90 Å². The highest BCUT2D eigenvalue weighted by molar-refractivity contribution is 5.94. The van der Waals surface area contributed by atoms with Crippen LogP contribution in [0.1, 0.15) is 101 Å². The molecule has 1 aromatic carbocycles. The van der Waals surface area contributed by atoms with Crippen LogP contribution in [-0.4, -0.2) is 22.7 Å². The Hall–Kier alpha value is -1.86. The second-order valence-corrected chi connectivity index (χ2v) is 12.7. The van der Waals surface area contributed by atoms with E-state index in [9.17, 15) is 9.90 Å². The number of amides is 1. The predicted molar refractivity (Wildman–Crippen MR) is 134 cm³/mol. The zero-order chi connectivity index (χ0) is 24.1. The minimum atomic E-state index is -0.449. The van der Waals surface area contributed by atoms with Crippen LogP contribution in [0.4, 0.5) is 0 Å². The fourth-order valence-electron chi connectivity index (χ4n) is 9.23. The zero-order valence-corrected chi connectivity index (χ0v) is 21.2. The maximum Gasteiger partial charge on any atom is 0.251 e. The molecule has 2 N–H and O–H groups in total. The SMILES string of the molecule is C[C@@H](NC(=O)c1ccc(C#N)cc1)[C@H]1CCC[C@H]2[C@@H]3CC[C@@H]4C[C@](C)(O)CC[C@@H]4C3CC[C@]12C. The van der Waals surface area contributed by atoms with E-state index in [-0.39, 0.29) is 11.9 Å². The second-order valence-electron chi connectivity index (χ2n) is 12.7. The van der Waals surface area contributed by atoms with Crippen LogP contribution in [0.2, 0.25) is 0 Å². The summed E-state index contributed by atoms with van der Waals surface area (Å²) in [4.78, 5) is 13.0. The van der Waals surface area contributed by atoms with E-state index in [0.29, 0.717) is 22.5 Å². The molecule has 0 aliphatic heterocycles. The average Bonchev–Trinajstić information content (AvgIpc) is 2.82. The number of hydrogen-bond acceptors (Lipinski definition) is 3. The quantitative estimate of drug-likeness (QED) is 0.571. The molecule has 1 unspecified atom stereocenters. The highest BCUT2D eigenvalue weighted by Crippen LogP contribution is 2.63. The minimum Gasteiger partial charge on any atom is -0.390 e. The van der Waals surface area contributed by atoms with Crippen LogP contribution < -0.4 is 5.32 Å². The van der Waals surface area contributed by atoms with E-state index in [1.807, 2.05) is 6.92 Å². The molecule has 1 aromatic rings. The lowest BCUT2D eigenvalue weighted by Gasteiger charge is -2.61. The third-order valence-electron chi connectivity index (χ3n) is 10.8. The summed E-state index contributed by atoms with van der Waals surface area (Å²) in [5.41, 5.74) is 1.07. The Kier molecular flexibility index (Phi) is 6.30. The van der Waals surface area contributed by atoms with Gasteiger partial charge in [-0.2, -0.15) is 5.26 Å². The Morgan fingerprint density at radius 1 is 1.03 bits per heavy atom. The van der Waals surface area contributed by atoms with Crippen LogP contribution >= 0.6 is 0 Å². The van der Waals surface area contributed by atoms with Gasteiger partial charge in [0.2, 0.25) is 0 Å². The van der Waals surface area contributed by atoms with Crippen molar-refractivity contribution in [2.24, 2.45) is 40.9 Å². The standard InChI is InChI=1S/C30H42N2O2/c1-19(32-28(33)21-9-7-20(18-31)8-10-21)26-5-4-6-27-25-12-11-22-17-29(2,34)15-13-23(22)24(25)14-16-30(26,27)3/h7-10,19,22-27,34H,4-6,11-17H2,1-3H3,(H,32,33)/t19-,22-,23+,24?,25-,26-,27+,29-,30-/m1/s1. The number of benzene rings is 1. The normalized spacial score (nSPS) is 42.3. The lowest BCUT2D eigenvalue weighted by atomic mass is 9.44. The largest absolute Gasteiger partial charge is 0.390 e. The highest BCUT2D eigenvalue weighted by atomic mass is 16.3. The molecule has 4 fully saturated rings. The summed E-state index contributed by atoms with van der Waals surface area (Å²) >= 11 is 0. The number of hydrogen-bond donors (Lipinski definition) is 2. The van der Waals surface area contributed by atoms with E-state index in [4.69, 9.17) is 5.26 Å². The lowest BCUT2D eigenvalue weighted by Crippen LogP contribution is -2.57. The van der Waals surface area contributed by atoms with Crippen molar-refractivity contribution in [3.63, 3.8) is 0 Å². The smallest absolute Gasteiger partial charge is 0.251 e. The van der Waals surface area contributed by atoms with Gasteiger partial charge in [-0.1, -0.05) is 13.3 Å². The highest BCUT2D eigenvalue weighted by Gasteiger charge is 2.56. The summed E-state index contributed by atoms with van der Waals surface area (Å²) in [7, 11) is 0. The topological polar surface area (TPSA) is 73.1 Å². The van der Waals surface area contributed by atoms with Gasteiger partial charge in [-0.3, -0.25) is 4.79 Å². The van der Waals surface area contributed by atoms with Crippen molar-refractivity contribution in [3.05, 3.63) is 35.4 Å². The lowest BCUT2D eigenvalue weighted by molar-refractivity contribution is -0.130. The third-order valence-corrected chi connectivity index (χ3v) is 10.8. The fourth-order valence-corrected chi connectivity index (χ4v) is 9.23. The summed E-state index contributed by atoms with van der Waals surface area (Å²) in [5, 5.41) is 23.0. The summed E-state index contributed by atoms with van der Waals surface area (Å²) < 4.78 is 0. The van der Waals surface area contributed by atoms with Crippen LogP contribution in [0, 0.1) is 52.3 Å². The molecule has 5 rings (SSSR count). The molecule has 4 heteroatoms. The van der Waals surface area contributed by atoms with Crippen molar-refractivity contribution in [1.82, 2.24) is 5.32 Å². The van der Waals surface area contributed by atoms with E-state index in [1.165, 1.54) is 51.4 Å². The van der Waals surface area contributed by atoms with E-state index < -0.39 is 5.60 Å². The molecule has 4 aliphatic rings. The van der Waals surface area contributed by atoms with Crippen molar-refractivity contribution in [3.8, 4) is 6.07 Å². The minimum absolute atomic E-state index is 0.0221. The molecule has 184 valence electrons. The Balaban J connectivity index is 1.29. The van der Waals surface area contributed by atoms with Gasteiger partial charge in [0.1, 0.15) is 0 Å². The van der Waals surface area contributed by atoms with Crippen LogP contribution in [0.15, 0.2) is 24.3 Å². The first-order valence-corrected chi connectivity index (χ1v) is 13.8. The predicted octanol–water partition coefficient (Wildman–Crippen LogP) is 6.09. The molecule has 0 heterocycles. The second kappa shape index (κ2) is 8.98. The van der Waals surface area contributed by atoms with Crippen LogP contribution in [-0.2, 0) is 0 Å². The first-order chi connectivity index (χ1) is 16.2. The van der Waals surface area contributed by atoms with Gasteiger partial charge in [0.25, 0.3) is 5.91 Å². The van der Waals surface area contributed by atoms with Crippen LogP contribution in [0.3, 0.4) is 0 Å². The van der Waals surface area contributed by atoms with Gasteiger partial charge in [0, 0.05) is 11.6 Å². The number of fused-ring (bicyclic) bond motifs is 5. The molecule has 9 atom stereocenters. The van der Waals surface area contributed by atoms with Crippen LogP contribution in [0.25, 0.3) is 0 Å². The molecular weight excluding hydrogens is 420 g/mol. The van der Waals surface area contributed by atoms with E-state index in [2.05, 4.69) is 25.2 Å². The molecule has 0 bridgehead atoms. The van der Waals surface area contributed by atoms with Crippen molar-refractivity contribution in [1.29, 1.82) is 5.26 Å². The Bertz CT molecular complexity index is 948. The number of rotatable bonds is 3. The maximum absolute atomic E-state index is 13.0. The summed E-state index contributed by atoms with van der Waals surface area (Å²) in [6, 6.07) is 9.23. The molecule has 1 amide bonds. The summed E-state index contributed by atoms with van der Waals surface area (Å²) in [6.07, 6.45) is 12.2. The van der Waals surface area contributed by atoms with Crippen molar-refractivity contribution in [2.75, 3.05) is 0 Å². The number of carbonyl (C=O) groups is 1. The first kappa shape index (κ1) is 23.9. The first-order valence-electron chi connectivity index (χ1n) is 13.8. The van der Waals surface area contributed by atoms with Crippen molar-refractivity contribution >= 4 is 5.91 Å². The third kappa shape index (κ3) is 4.19. The monoisotopic (exact) mass is 462 g/mol. The van der Waals surface area contributed by atoms with Gasteiger partial charge >= 0.3 is 0 Å². The van der Waals surface area contributed by atoms with Gasteiger partial charge in [0.15, 0.2) is 0 Å². The Morgan fingerprint density at radius 2 is 1.76 bits per heavy atom. The average molecular weight is 463 g/mol. The molecule has 4 nitrogen and oxygen atoms in total. The molecule has 0 aromatic heterocycles. The Morgan fingerprint density at radius 3 is 2.50 bits per heavy atom. The molecular formula is C30H42N2O2. The van der Waals surface area contributed by atoms with E-state index in [0.717, 1.165) is 42.4 Å². The number of nitriles is 1. The van der Waals surface area contributed by atoms with Gasteiger partial charge < -0.3 is 10.4 Å². The van der Waals surface area contributed by atoms with Gasteiger partial charge in [0.05, 0.1) is 17.2 Å². The maximum atomic E-state index is 13.0. The summed E-state index contributed by atoms with van der Waals surface area (Å²) in [6.45, 7) is 6.80. The number of nitrogens with one attached hydrogen (secondary N) is 1. The van der Waals surface area contributed by atoms with Gasteiger partial charge in [-0.25, -0.2) is 0 Å². The van der Waals surface area contributed by atoms with E-state index >= 15 is 0 Å². The molecule has 34 heavy (non-hydrogen) atoms. The van der Waals surface area contributed by atoms with E-state index in [1.54, 1.807) is 24.3 Å². The molecule has 4 saturated carbocycles. The van der Waals surface area contributed by atoms with Gasteiger partial charge in [-0.15, -0.1) is 0 Å². The number of carbonyl (C=O) groups excluding carboxylic acids is 1. The number of aliphatic hydroxyl groups is 1. The fraction of sp³-hybridized carbons (Fsp3) is 0.733. The molecule has 0 saturated heterocycles. The molecule has 0 radical (unpaired) electrons. The summed E-state index contributed by atoms with van der Waals surface area (Å²) in [5.74, 6) is 4.47. The van der Waals surface area contributed by atoms with Gasteiger partial charge in [-0.05, 0) is 137 Å². The van der Waals surface area contributed by atoms with Crippen molar-refractivity contribution in [2.45, 2.75) is 96.6 Å². The number of nitrogens with zero attached hydrogens (tertiary/aromatic N) is 1. The molecule has 4 aliphatic carbocycles. The Labute approximate surface area is 205 Å². The van der Waals surface area contributed by atoms with Crippen LogP contribution in [0.5, 0.6) is 0 Å². The zero-order valence-electron chi connectivity index (χ0n) is 21.2.